The van der Waals surface area contributed by atoms with Gasteiger partial charge in [-0.2, -0.15) is 0 Å². The monoisotopic (exact) mass is 260 g/mol. The third-order valence-electron chi connectivity index (χ3n) is 5.43. The lowest BCUT2D eigenvalue weighted by atomic mass is 9.59. The first-order valence-corrected chi connectivity index (χ1v) is 7.16. The molecule has 1 saturated heterocycles. The van der Waals surface area contributed by atoms with Crippen LogP contribution in [0, 0.1) is 11.3 Å². The van der Waals surface area contributed by atoms with Crippen molar-refractivity contribution in [3.05, 3.63) is 29.8 Å². The summed E-state index contributed by atoms with van der Waals surface area (Å²) in [5, 5.41) is 9.71. The van der Waals surface area contributed by atoms with Crippen molar-refractivity contribution in [2.45, 2.75) is 37.9 Å². The molecule has 2 fully saturated rings. The Morgan fingerprint density at radius 2 is 2.16 bits per heavy atom. The van der Waals surface area contributed by atoms with Gasteiger partial charge in [0.15, 0.2) is 0 Å². The molecule has 19 heavy (non-hydrogen) atoms. The van der Waals surface area contributed by atoms with Crippen LogP contribution < -0.4 is 4.74 Å². The predicted octanol–water partition coefficient (Wildman–Crippen LogP) is 2.69. The molecule has 0 aromatic heterocycles. The lowest BCUT2D eigenvalue weighted by Gasteiger charge is -2.57. The summed E-state index contributed by atoms with van der Waals surface area (Å²) in [4.78, 5) is 0. The van der Waals surface area contributed by atoms with Gasteiger partial charge in [0.05, 0.1) is 19.3 Å². The van der Waals surface area contributed by atoms with Gasteiger partial charge in [-0.15, -0.1) is 0 Å². The predicted molar refractivity (Wildman–Crippen MR) is 71.0 cm³/mol. The number of hydrogen-bond acceptors (Lipinski definition) is 3. The van der Waals surface area contributed by atoms with Crippen LogP contribution >= 0.6 is 0 Å². The summed E-state index contributed by atoms with van der Waals surface area (Å²) in [5.74, 6) is 1.33. The zero-order chi connectivity index (χ0) is 13.1. The molecule has 2 heterocycles. The van der Waals surface area contributed by atoms with Gasteiger partial charge in [0.2, 0.25) is 0 Å². The van der Waals surface area contributed by atoms with Crippen molar-refractivity contribution in [1.82, 2.24) is 0 Å². The van der Waals surface area contributed by atoms with E-state index in [1.54, 1.807) is 0 Å². The number of ether oxygens (including phenoxy) is 2. The highest BCUT2D eigenvalue weighted by Gasteiger charge is 2.57. The van der Waals surface area contributed by atoms with E-state index < -0.39 is 0 Å². The molecule has 0 amide bonds. The quantitative estimate of drug-likeness (QED) is 0.843. The van der Waals surface area contributed by atoms with Gasteiger partial charge in [-0.3, -0.25) is 0 Å². The van der Waals surface area contributed by atoms with Crippen LogP contribution in [0.25, 0.3) is 0 Å². The Balaban J connectivity index is 1.80. The van der Waals surface area contributed by atoms with Gasteiger partial charge in [0, 0.05) is 16.9 Å². The summed E-state index contributed by atoms with van der Waals surface area (Å²) < 4.78 is 12.5. The van der Waals surface area contributed by atoms with E-state index in [9.17, 15) is 5.11 Å². The van der Waals surface area contributed by atoms with Crippen molar-refractivity contribution in [3.8, 4) is 5.75 Å². The van der Waals surface area contributed by atoms with Crippen molar-refractivity contribution in [3.63, 3.8) is 0 Å². The highest BCUT2D eigenvalue weighted by atomic mass is 16.5. The Hall–Kier alpha value is -1.06. The first-order chi connectivity index (χ1) is 9.16. The smallest absolute Gasteiger partial charge is 0.125 e. The molecule has 1 N–H and O–H groups in total. The maximum absolute atomic E-state index is 9.71. The first-order valence-electron chi connectivity index (χ1n) is 7.16. The molecule has 3 aliphatic rings. The van der Waals surface area contributed by atoms with Crippen LogP contribution in [0.5, 0.6) is 5.75 Å². The van der Waals surface area contributed by atoms with Crippen LogP contribution in [0.4, 0.5) is 0 Å². The van der Waals surface area contributed by atoms with Gasteiger partial charge >= 0.3 is 0 Å². The second kappa shape index (κ2) is 3.74. The zero-order valence-electron chi connectivity index (χ0n) is 11.3. The summed E-state index contributed by atoms with van der Waals surface area (Å²) in [6, 6.07) is 8.22. The van der Waals surface area contributed by atoms with E-state index in [2.05, 4.69) is 13.0 Å². The fourth-order valence-corrected chi connectivity index (χ4v) is 4.11. The molecule has 2 aliphatic heterocycles. The zero-order valence-corrected chi connectivity index (χ0v) is 11.3. The van der Waals surface area contributed by atoms with Gasteiger partial charge in [-0.25, -0.2) is 0 Å². The average Bonchev–Trinajstić information content (AvgIpc) is 2.45. The molecule has 1 aromatic rings. The fourth-order valence-electron chi connectivity index (χ4n) is 4.11. The maximum atomic E-state index is 9.71. The Kier molecular flexibility index (Phi) is 2.31. The summed E-state index contributed by atoms with van der Waals surface area (Å²) in [5.41, 5.74) is 1.01. The van der Waals surface area contributed by atoms with E-state index in [0.29, 0.717) is 12.5 Å². The molecule has 3 heteroatoms. The van der Waals surface area contributed by atoms with Crippen LogP contribution in [0.1, 0.15) is 37.9 Å². The van der Waals surface area contributed by atoms with Gasteiger partial charge in [-0.05, 0) is 32.3 Å². The Morgan fingerprint density at radius 1 is 1.32 bits per heavy atom. The minimum absolute atomic E-state index is 0.0314. The number of fused-ring (bicyclic) bond motifs is 3. The third-order valence-corrected chi connectivity index (χ3v) is 5.43. The van der Waals surface area contributed by atoms with Crippen molar-refractivity contribution in [2.75, 3.05) is 13.2 Å². The Labute approximate surface area is 113 Å². The normalized spacial score (nSPS) is 43.3. The summed E-state index contributed by atoms with van der Waals surface area (Å²) >= 11 is 0. The van der Waals surface area contributed by atoms with E-state index >= 15 is 0 Å². The molecule has 0 radical (unpaired) electrons. The molecule has 3 nitrogen and oxygen atoms in total. The number of aliphatic hydroxyl groups is 1. The van der Waals surface area contributed by atoms with Gasteiger partial charge in [0.25, 0.3) is 0 Å². The van der Waals surface area contributed by atoms with Crippen LogP contribution in [-0.2, 0) is 4.74 Å². The lowest BCUT2D eigenvalue weighted by Crippen LogP contribution is -2.58. The van der Waals surface area contributed by atoms with E-state index in [-0.39, 0.29) is 23.7 Å². The molecular weight excluding hydrogens is 240 g/mol. The maximum Gasteiger partial charge on any atom is 0.125 e. The molecule has 2 bridgehead atoms. The highest BCUT2D eigenvalue weighted by molar-refractivity contribution is 5.39. The molecule has 4 atom stereocenters. The molecule has 102 valence electrons. The summed E-state index contributed by atoms with van der Waals surface area (Å²) in [7, 11) is 0. The molecule has 1 aliphatic carbocycles. The summed E-state index contributed by atoms with van der Waals surface area (Å²) in [6.07, 6.45) is 3.14. The van der Waals surface area contributed by atoms with Crippen LogP contribution in [0.2, 0.25) is 0 Å². The van der Waals surface area contributed by atoms with E-state index in [1.807, 2.05) is 18.2 Å². The molecule has 1 aromatic carbocycles. The van der Waals surface area contributed by atoms with E-state index in [4.69, 9.17) is 9.47 Å². The Morgan fingerprint density at radius 3 is 3.00 bits per heavy atom. The van der Waals surface area contributed by atoms with Crippen molar-refractivity contribution in [2.24, 2.45) is 11.3 Å². The van der Waals surface area contributed by atoms with E-state index in [1.165, 1.54) is 5.56 Å². The van der Waals surface area contributed by atoms with Crippen LogP contribution in [-0.4, -0.2) is 23.9 Å². The molecule has 0 unspecified atom stereocenters. The number of hydrogen-bond donors (Lipinski definition) is 1. The largest absolute Gasteiger partial charge is 0.487 e. The Bertz CT molecular complexity index is 514. The van der Waals surface area contributed by atoms with Crippen LogP contribution in [0.3, 0.4) is 0 Å². The topological polar surface area (TPSA) is 38.7 Å². The number of para-hydroxylation sites is 1. The molecule has 0 spiro atoms. The van der Waals surface area contributed by atoms with Gasteiger partial charge in [-0.1, -0.05) is 18.2 Å². The SMILES string of the molecule is C[C@]12CC[C@]3(CO)CO[C@@H](c4ccccc4O1)[C@H]2C3. The molecule has 4 rings (SSSR count). The summed E-state index contributed by atoms with van der Waals surface area (Å²) in [6.45, 7) is 3.11. The van der Waals surface area contributed by atoms with Gasteiger partial charge in [0.1, 0.15) is 11.4 Å². The van der Waals surface area contributed by atoms with Gasteiger partial charge < -0.3 is 14.6 Å². The molecular formula is C16H20O3. The number of aliphatic hydroxyl groups excluding tert-OH is 1. The van der Waals surface area contributed by atoms with Crippen molar-refractivity contribution >= 4 is 0 Å². The van der Waals surface area contributed by atoms with Crippen molar-refractivity contribution < 1.29 is 14.6 Å². The highest BCUT2D eigenvalue weighted by Crippen LogP contribution is 2.58. The van der Waals surface area contributed by atoms with E-state index in [0.717, 1.165) is 25.0 Å². The first kappa shape index (κ1) is 11.7. The van der Waals surface area contributed by atoms with Crippen LogP contribution in [0.15, 0.2) is 24.3 Å². The average molecular weight is 260 g/mol. The number of rotatable bonds is 1. The second-order valence-corrected chi connectivity index (χ2v) is 6.65. The standard InChI is InChI=1S/C16H20O3/c1-15-6-7-16(9-17)8-12(15)14(18-10-16)11-4-2-3-5-13(11)19-15/h2-5,12,14,17H,6-10H2,1H3/t12-,14+,15-,16+/m1/s1. The molecule has 1 saturated carbocycles. The van der Waals surface area contributed by atoms with Crippen molar-refractivity contribution in [1.29, 1.82) is 0 Å². The lowest BCUT2D eigenvalue weighted by molar-refractivity contribution is -0.210. The second-order valence-electron chi connectivity index (χ2n) is 6.65. The third kappa shape index (κ3) is 1.52. The minimum atomic E-state index is -0.141. The minimum Gasteiger partial charge on any atom is -0.487 e. The fraction of sp³-hybridized carbons (Fsp3) is 0.625. The number of benzene rings is 1.